The zero-order chi connectivity index (χ0) is 12.2. The normalized spacial score (nSPS) is 20.4. The Bertz CT molecular complexity index is 267. The fourth-order valence-electron chi connectivity index (χ4n) is 2.15. The molecule has 2 N–H and O–H groups in total. The number of carboxylic acids is 1. The average molecular weight is 229 g/mol. The summed E-state index contributed by atoms with van der Waals surface area (Å²) in [6, 6.07) is 0. The van der Waals surface area contributed by atoms with Gasteiger partial charge in [0.25, 0.3) is 0 Å². The van der Waals surface area contributed by atoms with Gasteiger partial charge in [0, 0.05) is 7.11 Å². The van der Waals surface area contributed by atoms with Gasteiger partial charge >= 0.3 is 5.97 Å². The molecule has 0 bridgehead atoms. The standard InChI is InChI=1S/C11H19NO4/c1-3-8(16-2)9(13)12-11(10(14)15)6-4-5-7-11/h8H,3-7H2,1-2H3,(H,12,13)(H,14,15). The summed E-state index contributed by atoms with van der Waals surface area (Å²) in [5.74, 6) is -1.27. The van der Waals surface area contributed by atoms with E-state index in [1.165, 1.54) is 7.11 Å². The Kier molecular flexibility index (Phi) is 4.29. The van der Waals surface area contributed by atoms with Gasteiger partial charge in [-0.1, -0.05) is 19.8 Å². The van der Waals surface area contributed by atoms with Crippen molar-refractivity contribution in [2.24, 2.45) is 0 Å². The van der Waals surface area contributed by atoms with Crippen LogP contribution in [0.5, 0.6) is 0 Å². The Morgan fingerprint density at radius 2 is 2.00 bits per heavy atom. The largest absolute Gasteiger partial charge is 0.480 e. The molecule has 0 aromatic rings. The highest BCUT2D eigenvalue weighted by Crippen LogP contribution is 2.30. The molecule has 5 nitrogen and oxygen atoms in total. The second-order valence-electron chi connectivity index (χ2n) is 4.22. The Balaban J connectivity index is 2.69. The van der Waals surface area contributed by atoms with Crippen LogP contribution >= 0.6 is 0 Å². The lowest BCUT2D eigenvalue weighted by atomic mass is 9.97. The molecule has 5 heteroatoms. The van der Waals surface area contributed by atoms with Crippen LogP contribution in [-0.2, 0) is 14.3 Å². The number of hydrogen-bond acceptors (Lipinski definition) is 3. The zero-order valence-electron chi connectivity index (χ0n) is 9.78. The van der Waals surface area contributed by atoms with E-state index in [0.29, 0.717) is 19.3 Å². The van der Waals surface area contributed by atoms with Crippen LogP contribution in [0.1, 0.15) is 39.0 Å². The summed E-state index contributed by atoms with van der Waals surface area (Å²) >= 11 is 0. The molecule has 1 atom stereocenters. The predicted molar refractivity (Wildman–Crippen MR) is 58.1 cm³/mol. The summed E-state index contributed by atoms with van der Waals surface area (Å²) in [6.07, 6.45) is 2.68. The van der Waals surface area contributed by atoms with Crippen LogP contribution in [0.15, 0.2) is 0 Å². The topological polar surface area (TPSA) is 75.6 Å². The van der Waals surface area contributed by atoms with Crippen molar-refractivity contribution >= 4 is 11.9 Å². The quantitative estimate of drug-likeness (QED) is 0.735. The van der Waals surface area contributed by atoms with Gasteiger partial charge in [0.2, 0.25) is 5.91 Å². The second kappa shape index (κ2) is 5.30. The first-order valence-corrected chi connectivity index (χ1v) is 5.64. The number of ether oxygens (including phenoxy) is 1. The van der Waals surface area contributed by atoms with E-state index >= 15 is 0 Å². The molecule has 0 saturated heterocycles. The van der Waals surface area contributed by atoms with Gasteiger partial charge in [-0.05, 0) is 19.3 Å². The minimum absolute atomic E-state index is 0.325. The number of aliphatic carboxylic acids is 1. The lowest BCUT2D eigenvalue weighted by molar-refractivity contribution is -0.149. The molecule has 0 spiro atoms. The molecule has 1 rings (SSSR count). The predicted octanol–water partition coefficient (Wildman–Crippen LogP) is 0.925. The Morgan fingerprint density at radius 1 is 1.44 bits per heavy atom. The first kappa shape index (κ1) is 13.0. The van der Waals surface area contributed by atoms with Crippen molar-refractivity contribution in [1.82, 2.24) is 5.32 Å². The Labute approximate surface area is 95.2 Å². The molecule has 0 heterocycles. The third kappa shape index (κ3) is 2.52. The maximum absolute atomic E-state index is 11.8. The SMILES string of the molecule is CCC(OC)C(=O)NC1(C(=O)O)CCCC1. The van der Waals surface area contributed by atoms with Crippen LogP contribution in [0.2, 0.25) is 0 Å². The highest BCUT2D eigenvalue weighted by molar-refractivity contribution is 5.89. The van der Waals surface area contributed by atoms with Gasteiger partial charge in [0.05, 0.1) is 0 Å². The lowest BCUT2D eigenvalue weighted by Crippen LogP contribution is -2.55. The number of amides is 1. The van der Waals surface area contributed by atoms with E-state index in [1.807, 2.05) is 6.92 Å². The van der Waals surface area contributed by atoms with Gasteiger partial charge in [-0.2, -0.15) is 0 Å². The third-order valence-corrected chi connectivity index (χ3v) is 3.18. The van der Waals surface area contributed by atoms with Crippen LogP contribution in [0.4, 0.5) is 0 Å². The molecule has 1 fully saturated rings. The molecule has 0 radical (unpaired) electrons. The molecule has 1 unspecified atom stereocenters. The minimum Gasteiger partial charge on any atom is -0.480 e. The summed E-state index contributed by atoms with van der Waals surface area (Å²) in [5.41, 5.74) is -1.07. The van der Waals surface area contributed by atoms with E-state index in [4.69, 9.17) is 4.74 Å². The number of methoxy groups -OCH3 is 1. The molecule has 1 aliphatic rings. The highest BCUT2D eigenvalue weighted by Gasteiger charge is 2.43. The molecule has 1 amide bonds. The lowest BCUT2D eigenvalue weighted by Gasteiger charge is -2.27. The van der Waals surface area contributed by atoms with Crippen molar-refractivity contribution in [2.75, 3.05) is 7.11 Å². The van der Waals surface area contributed by atoms with Crippen LogP contribution in [0.25, 0.3) is 0 Å². The van der Waals surface area contributed by atoms with Crippen LogP contribution in [-0.4, -0.2) is 35.7 Å². The molecule has 0 aromatic heterocycles. The van der Waals surface area contributed by atoms with E-state index in [-0.39, 0.29) is 5.91 Å². The van der Waals surface area contributed by atoms with E-state index in [1.54, 1.807) is 0 Å². The van der Waals surface area contributed by atoms with Crippen LogP contribution < -0.4 is 5.32 Å². The maximum Gasteiger partial charge on any atom is 0.329 e. The van der Waals surface area contributed by atoms with Crippen molar-refractivity contribution in [3.05, 3.63) is 0 Å². The Morgan fingerprint density at radius 3 is 2.38 bits per heavy atom. The summed E-state index contributed by atoms with van der Waals surface area (Å²) in [7, 11) is 1.45. The van der Waals surface area contributed by atoms with E-state index in [0.717, 1.165) is 12.8 Å². The minimum atomic E-state index is -1.07. The number of carbonyl (C=O) groups is 2. The second-order valence-corrected chi connectivity index (χ2v) is 4.22. The number of hydrogen-bond donors (Lipinski definition) is 2. The van der Waals surface area contributed by atoms with E-state index in [2.05, 4.69) is 5.32 Å². The van der Waals surface area contributed by atoms with Crippen molar-refractivity contribution in [1.29, 1.82) is 0 Å². The van der Waals surface area contributed by atoms with Crippen LogP contribution in [0, 0.1) is 0 Å². The highest BCUT2D eigenvalue weighted by atomic mass is 16.5. The molecular formula is C11H19NO4. The van der Waals surface area contributed by atoms with Crippen molar-refractivity contribution in [3.8, 4) is 0 Å². The zero-order valence-corrected chi connectivity index (χ0v) is 9.78. The monoisotopic (exact) mass is 229 g/mol. The fraction of sp³-hybridized carbons (Fsp3) is 0.818. The first-order valence-electron chi connectivity index (χ1n) is 5.64. The number of rotatable bonds is 5. The van der Waals surface area contributed by atoms with Gasteiger partial charge < -0.3 is 15.2 Å². The van der Waals surface area contributed by atoms with Crippen molar-refractivity contribution < 1.29 is 19.4 Å². The van der Waals surface area contributed by atoms with E-state index < -0.39 is 17.6 Å². The van der Waals surface area contributed by atoms with Crippen LogP contribution in [0.3, 0.4) is 0 Å². The number of carboxylic acid groups (broad SMARTS) is 1. The average Bonchev–Trinajstić information content (AvgIpc) is 2.69. The van der Waals surface area contributed by atoms with Gasteiger partial charge in [0.15, 0.2) is 0 Å². The van der Waals surface area contributed by atoms with Crippen molar-refractivity contribution in [3.63, 3.8) is 0 Å². The summed E-state index contributed by atoms with van der Waals surface area (Å²) in [5, 5.41) is 11.8. The number of nitrogens with one attached hydrogen (secondary N) is 1. The fourth-order valence-corrected chi connectivity index (χ4v) is 2.15. The molecule has 1 saturated carbocycles. The smallest absolute Gasteiger partial charge is 0.329 e. The van der Waals surface area contributed by atoms with Gasteiger partial charge in [-0.3, -0.25) is 4.79 Å². The van der Waals surface area contributed by atoms with Gasteiger partial charge in [-0.25, -0.2) is 4.79 Å². The number of carbonyl (C=O) groups excluding carboxylic acids is 1. The first-order chi connectivity index (χ1) is 7.55. The molecule has 0 aromatic carbocycles. The van der Waals surface area contributed by atoms with Gasteiger partial charge in [0.1, 0.15) is 11.6 Å². The summed E-state index contributed by atoms with van der Waals surface area (Å²) in [4.78, 5) is 23.0. The molecule has 0 aliphatic heterocycles. The Hall–Kier alpha value is -1.10. The van der Waals surface area contributed by atoms with Gasteiger partial charge in [-0.15, -0.1) is 0 Å². The van der Waals surface area contributed by atoms with Crippen molar-refractivity contribution in [2.45, 2.75) is 50.7 Å². The maximum atomic E-state index is 11.8. The summed E-state index contributed by atoms with van der Waals surface area (Å²) in [6.45, 7) is 1.83. The third-order valence-electron chi connectivity index (χ3n) is 3.18. The van der Waals surface area contributed by atoms with E-state index in [9.17, 15) is 14.7 Å². The molecule has 1 aliphatic carbocycles. The summed E-state index contributed by atoms with van der Waals surface area (Å²) < 4.78 is 4.99. The molecular weight excluding hydrogens is 210 g/mol. The molecule has 16 heavy (non-hydrogen) atoms. The molecule has 92 valence electrons.